The van der Waals surface area contributed by atoms with Crippen LogP contribution in [0.25, 0.3) is 6.08 Å². The number of hydrogen-bond acceptors (Lipinski definition) is 5. The first kappa shape index (κ1) is 20.9. The maximum atomic E-state index is 13.1. The SMILES string of the molecule is CCCCn1c(N)c(N(Cc2ccccc2)C(=O)/C=C/c2ccco2)c(=O)[nH]c1=O. The topological polar surface area (TPSA) is 114 Å². The van der Waals surface area contributed by atoms with Crippen molar-refractivity contribution in [3.8, 4) is 0 Å². The number of carbonyl (C=O) groups excluding carboxylic acids is 1. The number of benzene rings is 1. The Morgan fingerprint density at radius 2 is 1.97 bits per heavy atom. The van der Waals surface area contributed by atoms with Gasteiger partial charge in [0, 0.05) is 12.6 Å². The van der Waals surface area contributed by atoms with Crippen LogP contribution in [0.3, 0.4) is 0 Å². The Balaban J connectivity index is 2.06. The number of anilines is 2. The van der Waals surface area contributed by atoms with Gasteiger partial charge in [0.05, 0.1) is 12.8 Å². The fraction of sp³-hybridized carbons (Fsp3) is 0.227. The second kappa shape index (κ2) is 9.60. The van der Waals surface area contributed by atoms with Gasteiger partial charge in [0.2, 0.25) is 0 Å². The van der Waals surface area contributed by atoms with Crippen molar-refractivity contribution in [3.63, 3.8) is 0 Å². The molecule has 0 atom stereocenters. The third-order valence-corrected chi connectivity index (χ3v) is 4.60. The van der Waals surface area contributed by atoms with E-state index < -0.39 is 17.2 Å². The van der Waals surface area contributed by atoms with Crippen LogP contribution in [-0.2, 0) is 17.9 Å². The first-order valence-corrected chi connectivity index (χ1v) is 9.71. The van der Waals surface area contributed by atoms with Crippen molar-refractivity contribution >= 4 is 23.5 Å². The second-order valence-corrected chi connectivity index (χ2v) is 6.76. The number of nitrogens with two attached hydrogens (primary N) is 1. The third kappa shape index (κ3) is 4.78. The molecular formula is C22H24N4O4. The second-order valence-electron chi connectivity index (χ2n) is 6.76. The van der Waals surface area contributed by atoms with Crippen LogP contribution in [0.2, 0.25) is 0 Å². The molecule has 2 aromatic heterocycles. The number of H-pyrrole nitrogens is 1. The molecule has 1 aromatic carbocycles. The number of rotatable bonds is 8. The van der Waals surface area contributed by atoms with Crippen LogP contribution >= 0.6 is 0 Å². The van der Waals surface area contributed by atoms with Crippen LogP contribution in [0.1, 0.15) is 31.1 Å². The number of carbonyl (C=O) groups is 1. The Labute approximate surface area is 173 Å². The lowest BCUT2D eigenvalue weighted by atomic mass is 10.2. The van der Waals surface area contributed by atoms with E-state index >= 15 is 0 Å². The number of unbranched alkanes of at least 4 members (excludes halogenated alkanes) is 1. The van der Waals surface area contributed by atoms with Crippen molar-refractivity contribution in [3.05, 3.63) is 87.0 Å². The molecule has 156 valence electrons. The first-order chi connectivity index (χ1) is 14.5. The summed E-state index contributed by atoms with van der Waals surface area (Å²) in [7, 11) is 0. The van der Waals surface area contributed by atoms with Crippen LogP contribution in [0.5, 0.6) is 0 Å². The van der Waals surface area contributed by atoms with Gasteiger partial charge in [-0.1, -0.05) is 43.7 Å². The molecule has 0 bridgehead atoms. The fourth-order valence-corrected chi connectivity index (χ4v) is 3.04. The summed E-state index contributed by atoms with van der Waals surface area (Å²) in [6, 6.07) is 12.6. The molecule has 0 radical (unpaired) electrons. The Morgan fingerprint density at radius 1 is 1.20 bits per heavy atom. The summed E-state index contributed by atoms with van der Waals surface area (Å²) >= 11 is 0. The minimum Gasteiger partial charge on any atom is -0.465 e. The van der Waals surface area contributed by atoms with Crippen LogP contribution in [0.4, 0.5) is 11.5 Å². The standard InChI is InChI=1S/C22H24N4O4/c1-2-3-13-25-20(23)19(21(28)24-22(25)29)26(15-16-8-5-4-6-9-16)18(27)12-11-17-10-7-14-30-17/h4-12,14H,2-3,13,15,23H2,1H3,(H,24,28,29)/b12-11+. The molecule has 0 spiro atoms. The number of aromatic amines is 1. The lowest BCUT2D eigenvalue weighted by Crippen LogP contribution is -2.40. The summed E-state index contributed by atoms with van der Waals surface area (Å²) in [6.45, 7) is 2.44. The molecule has 1 amide bonds. The minimum absolute atomic E-state index is 0.0344. The van der Waals surface area contributed by atoms with Crippen molar-refractivity contribution in [2.45, 2.75) is 32.9 Å². The zero-order chi connectivity index (χ0) is 21.5. The summed E-state index contributed by atoms with van der Waals surface area (Å²) in [5, 5.41) is 0. The quantitative estimate of drug-likeness (QED) is 0.556. The van der Waals surface area contributed by atoms with Crippen LogP contribution < -0.4 is 21.9 Å². The Morgan fingerprint density at radius 3 is 2.63 bits per heavy atom. The number of amides is 1. The van der Waals surface area contributed by atoms with E-state index in [1.807, 2.05) is 37.3 Å². The molecule has 8 heteroatoms. The highest BCUT2D eigenvalue weighted by Gasteiger charge is 2.23. The van der Waals surface area contributed by atoms with Gasteiger partial charge < -0.3 is 10.2 Å². The molecule has 8 nitrogen and oxygen atoms in total. The van der Waals surface area contributed by atoms with E-state index in [2.05, 4.69) is 4.98 Å². The van der Waals surface area contributed by atoms with E-state index in [0.29, 0.717) is 18.7 Å². The zero-order valence-electron chi connectivity index (χ0n) is 16.7. The number of nitrogen functional groups attached to an aromatic ring is 1. The molecule has 0 saturated carbocycles. The van der Waals surface area contributed by atoms with Gasteiger partial charge in [-0.2, -0.15) is 0 Å². The van der Waals surface area contributed by atoms with Crippen molar-refractivity contribution in [2.24, 2.45) is 0 Å². The maximum absolute atomic E-state index is 13.1. The number of furan rings is 1. The summed E-state index contributed by atoms with van der Waals surface area (Å²) in [5.74, 6) is -0.00108. The van der Waals surface area contributed by atoms with Gasteiger partial charge in [0.25, 0.3) is 11.5 Å². The Kier molecular flexibility index (Phi) is 6.69. The average Bonchev–Trinajstić information content (AvgIpc) is 3.25. The lowest BCUT2D eigenvalue weighted by Gasteiger charge is -2.23. The number of hydrogen-bond donors (Lipinski definition) is 2. The molecule has 3 aromatic rings. The zero-order valence-corrected chi connectivity index (χ0v) is 16.7. The fourth-order valence-electron chi connectivity index (χ4n) is 3.04. The molecule has 0 saturated heterocycles. The van der Waals surface area contributed by atoms with E-state index in [1.165, 1.54) is 27.9 Å². The molecule has 0 aliphatic heterocycles. The van der Waals surface area contributed by atoms with E-state index in [-0.39, 0.29) is 18.1 Å². The smallest absolute Gasteiger partial charge is 0.330 e. The molecular weight excluding hydrogens is 384 g/mol. The summed E-state index contributed by atoms with van der Waals surface area (Å²) in [6.07, 6.45) is 5.87. The lowest BCUT2D eigenvalue weighted by molar-refractivity contribution is -0.114. The maximum Gasteiger partial charge on any atom is 0.330 e. The van der Waals surface area contributed by atoms with Crippen LogP contribution in [-0.4, -0.2) is 15.5 Å². The molecule has 2 heterocycles. The molecule has 3 N–H and O–H groups in total. The van der Waals surface area contributed by atoms with E-state index in [1.54, 1.807) is 12.1 Å². The number of nitrogens with zero attached hydrogens (tertiary/aromatic N) is 2. The number of nitrogens with one attached hydrogen (secondary N) is 1. The molecule has 30 heavy (non-hydrogen) atoms. The van der Waals surface area contributed by atoms with Crippen molar-refractivity contribution in [1.82, 2.24) is 9.55 Å². The van der Waals surface area contributed by atoms with Gasteiger partial charge in [-0.05, 0) is 30.2 Å². The number of aromatic nitrogens is 2. The van der Waals surface area contributed by atoms with Gasteiger partial charge in [-0.15, -0.1) is 0 Å². The highest BCUT2D eigenvalue weighted by molar-refractivity contribution is 6.04. The summed E-state index contributed by atoms with van der Waals surface area (Å²) in [5.41, 5.74) is 5.67. The average molecular weight is 408 g/mol. The van der Waals surface area contributed by atoms with Gasteiger partial charge in [0.15, 0.2) is 5.69 Å². The Bertz CT molecular complexity index is 1130. The van der Waals surface area contributed by atoms with Gasteiger partial charge >= 0.3 is 5.69 Å². The third-order valence-electron chi connectivity index (χ3n) is 4.60. The first-order valence-electron chi connectivity index (χ1n) is 9.71. The van der Waals surface area contributed by atoms with E-state index in [0.717, 1.165) is 12.0 Å². The Hall–Kier alpha value is -3.81. The van der Waals surface area contributed by atoms with E-state index in [4.69, 9.17) is 10.2 Å². The van der Waals surface area contributed by atoms with Crippen LogP contribution in [0.15, 0.2) is 68.8 Å². The predicted molar refractivity (Wildman–Crippen MR) is 116 cm³/mol. The van der Waals surface area contributed by atoms with Crippen molar-refractivity contribution < 1.29 is 9.21 Å². The predicted octanol–water partition coefficient (Wildman–Crippen LogP) is 2.76. The van der Waals surface area contributed by atoms with Crippen molar-refractivity contribution in [2.75, 3.05) is 10.6 Å². The molecule has 0 unspecified atom stereocenters. The summed E-state index contributed by atoms with van der Waals surface area (Å²) in [4.78, 5) is 41.5. The normalized spacial score (nSPS) is 11.1. The van der Waals surface area contributed by atoms with Gasteiger partial charge in [-0.3, -0.25) is 24.0 Å². The monoisotopic (exact) mass is 408 g/mol. The largest absolute Gasteiger partial charge is 0.465 e. The molecule has 0 aliphatic carbocycles. The van der Waals surface area contributed by atoms with Gasteiger partial charge in [-0.25, -0.2) is 4.79 Å². The minimum atomic E-state index is -0.707. The summed E-state index contributed by atoms with van der Waals surface area (Å²) < 4.78 is 6.51. The van der Waals surface area contributed by atoms with E-state index in [9.17, 15) is 14.4 Å². The van der Waals surface area contributed by atoms with Crippen molar-refractivity contribution in [1.29, 1.82) is 0 Å². The molecule has 3 rings (SSSR count). The molecule has 0 fully saturated rings. The molecule has 0 aliphatic rings. The highest BCUT2D eigenvalue weighted by atomic mass is 16.3. The highest BCUT2D eigenvalue weighted by Crippen LogP contribution is 2.21. The van der Waals surface area contributed by atoms with Gasteiger partial charge in [0.1, 0.15) is 11.6 Å². The van der Waals surface area contributed by atoms with Crippen LogP contribution in [0, 0.1) is 0 Å².